The standard InChI is InChI=1S/C5H10.C4H6/c1-3-5-4-2;1-3-4-2/h3H,1,4-5H2,2H3;4H,1H2,2H3. The van der Waals surface area contributed by atoms with Crippen molar-refractivity contribution < 1.29 is 0 Å². The van der Waals surface area contributed by atoms with Gasteiger partial charge in [0, 0.05) is 0 Å². The minimum atomic E-state index is 1.15. The highest BCUT2D eigenvalue weighted by Crippen LogP contribution is 1.82. The summed E-state index contributed by atoms with van der Waals surface area (Å²) in [6, 6.07) is 0. The molecule has 0 heterocycles. The van der Waals surface area contributed by atoms with Crippen molar-refractivity contribution in [3.63, 3.8) is 0 Å². The molecule has 0 bridgehead atoms. The van der Waals surface area contributed by atoms with Crippen LogP contribution >= 0.6 is 0 Å². The van der Waals surface area contributed by atoms with Crippen molar-refractivity contribution in [3.8, 4) is 0 Å². The lowest BCUT2D eigenvalue weighted by atomic mass is 10.3. The first-order chi connectivity index (χ1) is 4.33. The zero-order chi connectivity index (χ0) is 7.54. The Labute approximate surface area is 58.6 Å². The van der Waals surface area contributed by atoms with Crippen LogP contribution in [0, 0.1) is 0 Å². The third kappa shape index (κ3) is 39.3. The van der Waals surface area contributed by atoms with Gasteiger partial charge in [-0.1, -0.05) is 26.0 Å². The van der Waals surface area contributed by atoms with E-state index in [-0.39, 0.29) is 0 Å². The molecule has 0 heteroatoms. The number of allylic oxidation sites excluding steroid dienone is 2. The molecule has 0 fully saturated rings. The molecule has 0 aromatic carbocycles. The number of rotatable bonds is 2. The lowest BCUT2D eigenvalue weighted by Gasteiger charge is -1.72. The number of hydrogen-bond donors (Lipinski definition) is 0. The van der Waals surface area contributed by atoms with Crippen molar-refractivity contribution >= 4 is 0 Å². The van der Waals surface area contributed by atoms with E-state index in [9.17, 15) is 0 Å². The fourth-order valence-electron chi connectivity index (χ4n) is 0.204. The second-order valence-electron chi connectivity index (χ2n) is 1.57. The van der Waals surface area contributed by atoms with Gasteiger partial charge >= 0.3 is 0 Å². The van der Waals surface area contributed by atoms with Crippen LogP contribution < -0.4 is 0 Å². The predicted octanol–water partition coefficient (Wildman–Crippen LogP) is 3.32. The summed E-state index contributed by atoms with van der Waals surface area (Å²) in [4.78, 5) is 0. The van der Waals surface area contributed by atoms with Crippen LogP contribution in [-0.2, 0) is 0 Å². The molecule has 0 aliphatic rings. The minimum absolute atomic E-state index is 1.15. The van der Waals surface area contributed by atoms with Gasteiger partial charge in [0.15, 0.2) is 0 Å². The molecule has 52 valence electrons. The summed E-state index contributed by atoms with van der Waals surface area (Å²) in [5.41, 5.74) is 2.56. The summed E-state index contributed by atoms with van der Waals surface area (Å²) in [6.45, 7) is 10.9. The molecule has 0 aromatic rings. The molecule has 0 rings (SSSR count). The number of hydrogen-bond acceptors (Lipinski definition) is 0. The van der Waals surface area contributed by atoms with Gasteiger partial charge in [0.2, 0.25) is 0 Å². The molecule has 0 aliphatic carbocycles. The second-order valence-corrected chi connectivity index (χ2v) is 1.57. The highest BCUT2D eigenvalue weighted by atomic mass is 13.7. The van der Waals surface area contributed by atoms with Crippen molar-refractivity contribution in [3.05, 3.63) is 31.0 Å². The average Bonchev–Trinajstić information content (AvgIpc) is 1.91. The van der Waals surface area contributed by atoms with Crippen molar-refractivity contribution in [2.75, 3.05) is 0 Å². The van der Waals surface area contributed by atoms with E-state index in [1.54, 1.807) is 6.08 Å². The molecular formula is C9H16. The van der Waals surface area contributed by atoms with Gasteiger partial charge in [0.05, 0.1) is 0 Å². The van der Waals surface area contributed by atoms with Crippen LogP contribution in [0.4, 0.5) is 0 Å². The molecule has 0 radical (unpaired) electrons. The first-order valence-electron chi connectivity index (χ1n) is 3.24. The summed E-state index contributed by atoms with van der Waals surface area (Å²) >= 11 is 0. The molecule has 0 aliphatic heterocycles. The fourth-order valence-corrected chi connectivity index (χ4v) is 0.204. The molecule has 0 aromatic heterocycles. The second kappa shape index (κ2) is 15.7. The minimum Gasteiger partial charge on any atom is -0.133 e. The highest BCUT2D eigenvalue weighted by molar-refractivity contribution is 4.67. The SMILES string of the molecule is C=C=CC.C=CCCC. The third-order valence-electron chi connectivity index (χ3n) is 0.697. The van der Waals surface area contributed by atoms with Gasteiger partial charge in [-0.25, -0.2) is 0 Å². The van der Waals surface area contributed by atoms with E-state index in [0.29, 0.717) is 0 Å². The van der Waals surface area contributed by atoms with Gasteiger partial charge in [-0.3, -0.25) is 0 Å². The quantitative estimate of drug-likeness (QED) is 0.391. The van der Waals surface area contributed by atoms with Crippen molar-refractivity contribution in [1.82, 2.24) is 0 Å². The Morgan fingerprint density at radius 1 is 1.56 bits per heavy atom. The van der Waals surface area contributed by atoms with E-state index in [1.807, 2.05) is 13.0 Å². The maximum Gasteiger partial charge on any atom is -0.0356 e. The first-order valence-corrected chi connectivity index (χ1v) is 3.24. The Bertz CT molecular complexity index is 84.2. The molecule has 0 nitrogen and oxygen atoms in total. The molecule has 0 unspecified atom stereocenters. The highest BCUT2D eigenvalue weighted by Gasteiger charge is 1.61. The lowest BCUT2D eigenvalue weighted by Crippen LogP contribution is -1.52. The molecule has 9 heavy (non-hydrogen) atoms. The summed E-state index contributed by atoms with van der Waals surface area (Å²) < 4.78 is 0. The monoisotopic (exact) mass is 124 g/mol. The van der Waals surface area contributed by atoms with Gasteiger partial charge in [0.25, 0.3) is 0 Å². The molecule has 0 spiro atoms. The zero-order valence-electron chi connectivity index (χ0n) is 6.48. The Kier molecular flexibility index (Phi) is 19.4. The molecule has 0 saturated carbocycles. The molecule has 0 amide bonds. The fraction of sp³-hybridized carbons (Fsp3) is 0.444. The van der Waals surface area contributed by atoms with Crippen LogP contribution in [0.3, 0.4) is 0 Å². The van der Waals surface area contributed by atoms with Gasteiger partial charge in [-0.15, -0.1) is 12.3 Å². The van der Waals surface area contributed by atoms with Crippen LogP contribution in [0.25, 0.3) is 0 Å². The lowest BCUT2D eigenvalue weighted by molar-refractivity contribution is 0.961. The van der Waals surface area contributed by atoms with Gasteiger partial charge in [-0.2, -0.15) is 0 Å². The van der Waals surface area contributed by atoms with E-state index in [1.165, 1.54) is 6.42 Å². The summed E-state index contributed by atoms with van der Waals surface area (Å²) in [5, 5.41) is 0. The van der Waals surface area contributed by atoms with Crippen molar-refractivity contribution in [2.24, 2.45) is 0 Å². The Morgan fingerprint density at radius 3 is 2.00 bits per heavy atom. The Hall–Kier alpha value is -0.740. The van der Waals surface area contributed by atoms with E-state index >= 15 is 0 Å². The van der Waals surface area contributed by atoms with Crippen LogP contribution in [0.2, 0.25) is 0 Å². The van der Waals surface area contributed by atoms with Crippen LogP contribution in [0.15, 0.2) is 31.0 Å². The van der Waals surface area contributed by atoms with E-state index in [2.05, 4.69) is 25.8 Å². The Morgan fingerprint density at radius 2 is 2.00 bits per heavy atom. The van der Waals surface area contributed by atoms with Gasteiger partial charge < -0.3 is 0 Å². The maximum absolute atomic E-state index is 3.55. The van der Waals surface area contributed by atoms with Gasteiger partial charge in [0.1, 0.15) is 0 Å². The molecule has 0 saturated heterocycles. The van der Waals surface area contributed by atoms with E-state index in [4.69, 9.17) is 0 Å². The largest absolute Gasteiger partial charge is 0.133 e. The Balaban J connectivity index is 0. The predicted molar refractivity (Wildman–Crippen MR) is 44.5 cm³/mol. The first kappa shape index (κ1) is 11.1. The van der Waals surface area contributed by atoms with Crippen LogP contribution in [-0.4, -0.2) is 0 Å². The van der Waals surface area contributed by atoms with Crippen molar-refractivity contribution in [1.29, 1.82) is 0 Å². The topological polar surface area (TPSA) is 0 Å². The summed E-state index contributed by atoms with van der Waals surface area (Å²) in [5.74, 6) is 0. The van der Waals surface area contributed by atoms with Crippen LogP contribution in [0.5, 0.6) is 0 Å². The zero-order valence-corrected chi connectivity index (χ0v) is 6.48. The molecular weight excluding hydrogens is 108 g/mol. The molecule has 0 atom stereocenters. The normalized spacial score (nSPS) is 6.00. The van der Waals surface area contributed by atoms with E-state index in [0.717, 1.165) is 6.42 Å². The maximum atomic E-state index is 3.55. The number of unbranched alkanes of at least 4 members (excludes halogenated alkanes) is 1. The smallest absolute Gasteiger partial charge is 0.0356 e. The summed E-state index contributed by atoms with van der Waals surface area (Å²) in [6.07, 6.45) is 6.07. The van der Waals surface area contributed by atoms with E-state index < -0.39 is 0 Å². The summed E-state index contributed by atoms with van der Waals surface area (Å²) in [7, 11) is 0. The average molecular weight is 124 g/mol. The molecule has 0 N–H and O–H groups in total. The van der Waals surface area contributed by atoms with Gasteiger partial charge in [-0.05, 0) is 19.4 Å². The van der Waals surface area contributed by atoms with Crippen molar-refractivity contribution in [2.45, 2.75) is 26.7 Å². The third-order valence-corrected chi connectivity index (χ3v) is 0.697. The van der Waals surface area contributed by atoms with Crippen LogP contribution in [0.1, 0.15) is 26.7 Å².